The summed E-state index contributed by atoms with van der Waals surface area (Å²) in [5.41, 5.74) is 1.01. The molecule has 102 valence electrons. The van der Waals surface area contributed by atoms with Gasteiger partial charge in [-0.05, 0) is 18.4 Å². The molecule has 2 atom stereocenters. The summed E-state index contributed by atoms with van der Waals surface area (Å²) in [5.74, 6) is -1.31. The Morgan fingerprint density at radius 1 is 1.37 bits per heavy atom. The quantitative estimate of drug-likeness (QED) is 0.903. The van der Waals surface area contributed by atoms with Gasteiger partial charge >= 0.3 is 5.97 Å². The lowest BCUT2D eigenvalue weighted by Gasteiger charge is -2.22. The summed E-state index contributed by atoms with van der Waals surface area (Å²) >= 11 is 0. The fourth-order valence-electron chi connectivity index (χ4n) is 2.62. The van der Waals surface area contributed by atoms with Gasteiger partial charge in [-0.3, -0.25) is 9.59 Å². The maximum Gasteiger partial charge on any atom is 0.308 e. The molecular formula is C15H19NO3. The fraction of sp³-hybridized carbons (Fsp3) is 0.467. The summed E-state index contributed by atoms with van der Waals surface area (Å²) < 4.78 is 0. The molecule has 1 saturated heterocycles. The number of carboxylic acids is 1. The third-order valence-corrected chi connectivity index (χ3v) is 3.76. The van der Waals surface area contributed by atoms with Crippen LogP contribution in [0.15, 0.2) is 30.3 Å². The molecule has 1 N–H and O–H groups in total. The first kappa shape index (κ1) is 13.6. The number of aliphatic carboxylic acids is 1. The van der Waals surface area contributed by atoms with E-state index in [4.69, 9.17) is 5.11 Å². The largest absolute Gasteiger partial charge is 0.481 e. The van der Waals surface area contributed by atoms with E-state index in [-0.39, 0.29) is 11.8 Å². The van der Waals surface area contributed by atoms with Crippen LogP contribution >= 0.6 is 0 Å². The molecule has 1 aliphatic heterocycles. The molecule has 0 radical (unpaired) electrons. The first-order chi connectivity index (χ1) is 9.13. The van der Waals surface area contributed by atoms with Crippen LogP contribution in [0.5, 0.6) is 0 Å². The van der Waals surface area contributed by atoms with Crippen LogP contribution in [0.1, 0.15) is 31.2 Å². The van der Waals surface area contributed by atoms with Gasteiger partial charge in [0.25, 0.3) is 0 Å². The lowest BCUT2D eigenvalue weighted by Crippen LogP contribution is -2.34. The van der Waals surface area contributed by atoms with Crippen molar-refractivity contribution in [3.8, 4) is 0 Å². The zero-order valence-corrected chi connectivity index (χ0v) is 11.1. The minimum Gasteiger partial charge on any atom is -0.481 e. The van der Waals surface area contributed by atoms with E-state index in [1.54, 1.807) is 4.90 Å². The SMILES string of the molecule is CCC(C(=O)N1CCC(C(=O)O)C1)c1ccccc1. The van der Waals surface area contributed by atoms with Gasteiger partial charge in [-0.2, -0.15) is 0 Å². The number of nitrogens with zero attached hydrogens (tertiary/aromatic N) is 1. The molecular weight excluding hydrogens is 242 g/mol. The normalized spacial score (nSPS) is 20.3. The van der Waals surface area contributed by atoms with Crippen molar-refractivity contribution in [1.82, 2.24) is 4.90 Å². The van der Waals surface area contributed by atoms with Crippen molar-refractivity contribution < 1.29 is 14.7 Å². The van der Waals surface area contributed by atoms with E-state index >= 15 is 0 Å². The average Bonchev–Trinajstić information content (AvgIpc) is 2.90. The smallest absolute Gasteiger partial charge is 0.308 e. The van der Waals surface area contributed by atoms with Crippen molar-refractivity contribution in [3.05, 3.63) is 35.9 Å². The Morgan fingerprint density at radius 3 is 2.58 bits per heavy atom. The molecule has 0 saturated carbocycles. The van der Waals surface area contributed by atoms with Gasteiger partial charge in [-0.25, -0.2) is 0 Å². The minimum atomic E-state index is -0.803. The highest BCUT2D eigenvalue weighted by Crippen LogP contribution is 2.25. The van der Waals surface area contributed by atoms with Crippen LogP contribution in [0.25, 0.3) is 0 Å². The van der Waals surface area contributed by atoms with Crippen LogP contribution in [-0.2, 0) is 9.59 Å². The van der Waals surface area contributed by atoms with E-state index < -0.39 is 11.9 Å². The van der Waals surface area contributed by atoms with Crippen LogP contribution in [0.4, 0.5) is 0 Å². The van der Waals surface area contributed by atoms with E-state index in [0.29, 0.717) is 19.5 Å². The topological polar surface area (TPSA) is 57.6 Å². The number of likely N-dealkylation sites (tertiary alicyclic amines) is 1. The van der Waals surface area contributed by atoms with Gasteiger partial charge in [0.05, 0.1) is 11.8 Å². The van der Waals surface area contributed by atoms with E-state index in [9.17, 15) is 9.59 Å². The van der Waals surface area contributed by atoms with Crippen molar-refractivity contribution in [3.63, 3.8) is 0 Å². The van der Waals surface area contributed by atoms with Crippen molar-refractivity contribution in [2.75, 3.05) is 13.1 Å². The highest BCUT2D eigenvalue weighted by molar-refractivity contribution is 5.85. The van der Waals surface area contributed by atoms with Gasteiger partial charge < -0.3 is 10.0 Å². The predicted molar refractivity (Wildman–Crippen MR) is 71.8 cm³/mol. The Hall–Kier alpha value is -1.84. The summed E-state index contributed by atoms with van der Waals surface area (Å²) in [4.78, 5) is 25.1. The Bertz CT molecular complexity index is 458. The van der Waals surface area contributed by atoms with Gasteiger partial charge in [0.2, 0.25) is 5.91 Å². The van der Waals surface area contributed by atoms with E-state index in [0.717, 1.165) is 12.0 Å². The van der Waals surface area contributed by atoms with E-state index in [1.165, 1.54) is 0 Å². The second-order valence-electron chi connectivity index (χ2n) is 4.98. The van der Waals surface area contributed by atoms with Gasteiger partial charge in [-0.1, -0.05) is 37.3 Å². The predicted octanol–water partition coefficient (Wildman–Crippen LogP) is 2.11. The van der Waals surface area contributed by atoms with Crippen molar-refractivity contribution >= 4 is 11.9 Å². The summed E-state index contributed by atoms with van der Waals surface area (Å²) in [5, 5.41) is 8.99. The van der Waals surface area contributed by atoms with Crippen molar-refractivity contribution in [2.45, 2.75) is 25.7 Å². The molecule has 19 heavy (non-hydrogen) atoms. The lowest BCUT2D eigenvalue weighted by molar-refractivity contribution is -0.141. The third-order valence-electron chi connectivity index (χ3n) is 3.76. The zero-order valence-electron chi connectivity index (χ0n) is 11.1. The van der Waals surface area contributed by atoms with Crippen LogP contribution < -0.4 is 0 Å². The second kappa shape index (κ2) is 5.87. The maximum absolute atomic E-state index is 12.5. The zero-order chi connectivity index (χ0) is 13.8. The lowest BCUT2D eigenvalue weighted by atomic mass is 9.95. The molecule has 2 rings (SSSR count). The van der Waals surface area contributed by atoms with Crippen molar-refractivity contribution in [2.24, 2.45) is 5.92 Å². The Labute approximate surface area is 113 Å². The number of carbonyl (C=O) groups excluding carboxylic acids is 1. The fourth-order valence-corrected chi connectivity index (χ4v) is 2.62. The molecule has 1 aliphatic rings. The number of benzene rings is 1. The van der Waals surface area contributed by atoms with Crippen LogP contribution in [-0.4, -0.2) is 35.0 Å². The number of rotatable bonds is 4. The van der Waals surface area contributed by atoms with Crippen LogP contribution in [0.3, 0.4) is 0 Å². The third kappa shape index (κ3) is 2.95. The summed E-state index contributed by atoms with van der Waals surface area (Å²) in [6.45, 7) is 2.89. The molecule has 1 aromatic rings. The average molecular weight is 261 g/mol. The number of carboxylic acid groups (broad SMARTS) is 1. The molecule has 0 aromatic heterocycles. The Balaban J connectivity index is 2.08. The summed E-state index contributed by atoms with van der Waals surface area (Å²) in [6, 6.07) is 9.69. The molecule has 0 spiro atoms. The Morgan fingerprint density at radius 2 is 2.05 bits per heavy atom. The van der Waals surface area contributed by atoms with Gasteiger partial charge in [0.15, 0.2) is 0 Å². The molecule has 4 nitrogen and oxygen atoms in total. The molecule has 4 heteroatoms. The summed E-state index contributed by atoms with van der Waals surface area (Å²) in [6.07, 6.45) is 1.30. The van der Waals surface area contributed by atoms with Gasteiger partial charge in [0, 0.05) is 13.1 Å². The summed E-state index contributed by atoms with van der Waals surface area (Å²) in [7, 11) is 0. The van der Waals surface area contributed by atoms with Gasteiger partial charge in [0.1, 0.15) is 0 Å². The number of amides is 1. The number of carbonyl (C=O) groups is 2. The molecule has 0 aliphatic carbocycles. The second-order valence-corrected chi connectivity index (χ2v) is 4.98. The molecule has 1 heterocycles. The minimum absolute atomic E-state index is 0.0532. The first-order valence-electron chi connectivity index (χ1n) is 6.70. The monoisotopic (exact) mass is 261 g/mol. The number of hydrogen-bond donors (Lipinski definition) is 1. The van der Waals surface area contributed by atoms with Crippen molar-refractivity contribution in [1.29, 1.82) is 0 Å². The number of hydrogen-bond acceptors (Lipinski definition) is 2. The molecule has 1 amide bonds. The highest BCUT2D eigenvalue weighted by Gasteiger charge is 2.33. The molecule has 1 fully saturated rings. The molecule has 1 aromatic carbocycles. The van der Waals surface area contributed by atoms with Crippen LogP contribution in [0.2, 0.25) is 0 Å². The molecule has 2 unspecified atom stereocenters. The highest BCUT2D eigenvalue weighted by atomic mass is 16.4. The van der Waals surface area contributed by atoms with Gasteiger partial charge in [-0.15, -0.1) is 0 Å². The van der Waals surface area contributed by atoms with Crippen LogP contribution in [0, 0.1) is 5.92 Å². The Kier molecular flexibility index (Phi) is 4.20. The van der Waals surface area contributed by atoms with E-state index in [1.807, 2.05) is 37.3 Å². The van der Waals surface area contributed by atoms with E-state index in [2.05, 4.69) is 0 Å². The first-order valence-corrected chi connectivity index (χ1v) is 6.70. The standard InChI is InChI=1S/C15H19NO3/c1-2-13(11-6-4-3-5-7-11)14(17)16-9-8-12(10-16)15(18)19/h3-7,12-13H,2,8-10H2,1H3,(H,18,19). The maximum atomic E-state index is 12.5. The molecule has 0 bridgehead atoms.